The largest absolute Gasteiger partial charge is 0.447 e. The van der Waals surface area contributed by atoms with Crippen molar-refractivity contribution in [1.29, 1.82) is 0 Å². The molecule has 70 valence electrons. The minimum atomic E-state index is -0.213. The molecule has 0 atom stereocenters. The summed E-state index contributed by atoms with van der Waals surface area (Å²) in [4.78, 5) is 12.8. The molecular formula is C8H16N2O2. The van der Waals surface area contributed by atoms with Crippen LogP contribution >= 0.6 is 0 Å². The Hall–Kier alpha value is -0.770. The molecule has 0 aliphatic carbocycles. The Bertz CT molecular complexity index is 164. The highest BCUT2D eigenvalue weighted by atomic mass is 16.6. The summed E-state index contributed by atoms with van der Waals surface area (Å²) in [6.07, 6.45) is -0.246. The van der Waals surface area contributed by atoms with E-state index in [1.807, 2.05) is 13.8 Å². The lowest BCUT2D eigenvalue weighted by molar-refractivity contribution is 0.0386. The lowest BCUT2D eigenvalue weighted by Crippen LogP contribution is -2.53. The Kier molecular flexibility index (Phi) is 2.92. The van der Waals surface area contributed by atoms with Crippen LogP contribution in [-0.4, -0.2) is 36.7 Å². The smallest absolute Gasteiger partial charge is 0.410 e. The fourth-order valence-corrected chi connectivity index (χ4v) is 1.14. The maximum Gasteiger partial charge on any atom is 0.410 e. The minimum absolute atomic E-state index is 0.0329. The van der Waals surface area contributed by atoms with E-state index in [0.717, 1.165) is 13.1 Å². The quantitative estimate of drug-likeness (QED) is 0.656. The molecule has 1 saturated heterocycles. The summed E-state index contributed by atoms with van der Waals surface area (Å²) in [5.41, 5.74) is 5.42. The number of nitrogens with zero attached hydrogens (tertiary/aromatic N) is 1. The predicted molar refractivity (Wildman–Crippen MR) is 45.7 cm³/mol. The van der Waals surface area contributed by atoms with E-state index in [1.54, 1.807) is 4.90 Å². The van der Waals surface area contributed by atoms with Gasteiger partial charge in [0.05, 0.1) is 6.10 Å². The van der Waals surface area contributed by atoms with Gasteiger partial charge in [-0.15, -0.1) is 0 Å². The summed E-state index contributed by atoms with van der Waals surface area (Å²) < 4.78 is 4.99. The maximum absolute atomic E-state index is 11.2. The highest BCUT2D eigenvalue weighted by Gasteiger charge is 2.30. The Morgan fingerprint density at radius 3 is 2.67 bits per heavy atom. The normalized spacial score (nSPS) is 17.8. The van der Waals surface area contributed by atoms with E-state index in [1.165, 1.54) is 0 Å². The molecular weight excluding hydrogens is 156 g/mol. The Morgan fingerprint density at radius 2 is 2.25 bits per heavy atom. The summed E-state index contributed by atoms with van der Waals surface area (Å²) in [7, 11) is 0. The number of nitrogens with two attached hydrogens (primary N) is 1. The van der Waals surface area contributed by atoms with Crippen LogP contribution in [0.5, 0.6) is 0 Å². The van der Waals surface area contributed by atoms with E-state index >= 15 is 0 Å². The summed E-state index contributed by atoms with van der Waals surface area (Å²) in [5.74, 6) is 0.477. The van der Waals surface area contributed by atoms with Gasteiger partial charge in [0.2, 0.25) is 0 Å². The van der Waals surface area contributed by atoms with Gasteiger partial charge < -0.3 is 15.4 Å². The highest BCUT2D eigenvalue weighted by Crippen LogP contribution is 2.15. The van der Waals surface area contributed by atoms with Gasteiger partial charge in [-0.1, -0.05) is 0 Å². The number of likely N-dealkylation sites (tertiary alicyclic amines) is 1. The summed E-state index contributed by atoms with van der Waals surface area (Å²) in [5, 5.41) is 0. The van der Waals surface area contributed by atoms with Crippen LogP contribution in [0.2, 0.25) is 0 Å². The molecule has 0 bridgehead atoms. The first-order valence-electron chi connectivity index (χ1n) is 4.29. The topological polar surface area (TPSA) is 55.6 Å². The summed E-state index contributed by atoms with van der Waals surface area (Å²) >= 11 is 0. The fraction of sp³-hybridized carbons (Fsp3) is 0.875. The van der Waals surface area contributed by atoms with Gasteiger partial charge in [-0.25, -0.2) is 4.79 Å². The van der Waals surface area contributed by atoms with Gasteiger partial charge in [0.15, 0.2) is 0 Å². The van der Waals surface area contributed by atoms with Crippen LogP contribution in [0.1, 0.15) is 13.8 Å². The van der Waals surface area contributed by atoms with E-state index < -0.39 is 0 Å². The van der Waals surface area contributed by atoms with Crippen LogP contribution in [0.4, 0.5) is 4.79 Å². The maximum atomic E-state index is 11.2. The first-order valence-corrected chi connectivity index (χ1v) is 4.29. The molecule has 0 aromatic rings. The van der Waals surface area contributed by atoms with Crippen molar-refractivity contribution in [3.05, 3.63) is 0 Å². The second-order valence-corrected chi connectivity index (χ2v) is 3.44. The van der Waals surface area contributed by atoms with Crippen molar-refractivity contribution in [3.8, 4) is 0 Å². The van der Waals surface area contributed by atoms with Crippen molar-refractivity contribution < 1.29 is 9.53 Å². The molecule has 12 heavy (non-hydrogen) atoms. The van der Waals surface area contributed by atoms with Crippen molar-refractivity contribution >= 4 is 6.09 Å². The Labute approximate surface area is 72.7 Å². The van der Waals surface area contributed by atoms with E-state index in [-0.39, 0.29) is 12.2 Å². The Balaban J connectivity index is 2.19. The lowest BCUT2D eigenvalue weighted by Gasteiger charge is -2.37. The van der Waals surface area contributed by atoms with Crippen LogP contribution in [0, 0.1) is 5.92 Å². The number of carbonyl (C=O) groups is 1. The van der Waals surface area contributed by atoms with Gasteiger partial charge in [-0.2, -0.15) is 0 Å². The predicted octanol–water partition coefficient (Wildman–Crippen LogP) is 0.422. The van der Waals surface area contributed by atoms with Gasteiger partial charge in [0.1, 0.15) is 0 Å². The van der Waals surface area contributed by atoms with Crippen LogP contribution in [0.3, 0.4) is 0 Å². The molecule has 0 aromatic carbocycles. The van der Waals surface area contributed by atoms with Crippen molar-refractivity contribution in [2.24, 2.45) is 11.7 Å². The number of ether oxygens (including phenoxy) is 1. The van der Waals surface area contributed by atoms with E-state index in [0.29, 0.717) is 12.5 Å². The molecule has 1 aliphatic rings. The molecule has 1 aliphatic heterocycles. The van der Waals surface area contributed by atoms with Gasteiger partial charge in [-0.3, -0.25) is 0 Å². The third-order valence-electron chi connectivity index (χ3n) is 1.89. The lowest BCUT2D eigenvalue weighted by atomic mass is 10.0. The molecule has 1 fully saturated rings. The Morgan fingerprint density at radius 1 is 1.67 bits per heavy atom. The van der Waals surface area contributed by atoms with Gasteiger partial charge in [0.25, 0.3) is 0 Å². The molecule has 2 N–H and O–H groups in total. The average Bonchev–Trinajstić information content (AvgIpc) is 1.82. The van der Waals surface area contributed by atoms with Gasteiger partial charge in [-0.05, 0) is 20.4 Å². The average molecular weight is 172 g/mol. The molecule has 1 rings (SSSR count). The highest BCUT2D eigenvalue weighted by molar-refractivity contribution is 5.68. The molecule has 1 amide bonds. The van der Waals surface area contributed by atoms with Crippen LogP contribution in [-0.2, 0) is 4.74 Å². The molecule has 4 nitrogen and oxygen atoms in total. The zero-order valence-electron chi connectivity index (χ0n) is 7.62. The van der Waals surface area contributed by atoms with E-state index in [2.05, 4.69) is 0 Å². The zero-order chi connectivity index (χ0) is 9.14. The number of carbonyl (C=O) groups excluding carboxylic acids is 1. The fourth-order valence-electron chi connectivity index (χ4n) is 1.14. The van der Waals surface area contributed by atoms with E-state index in [9.17, 15) is 4.79 Å². The SMILES string of the molecule is CC(C)OC(=O)N1CC(CN)C1. The minimum Gasteiger partial charge on any atom is -0.447 e. The number of hydrogen-bond acceptors (Lipinski definition) is 3. The summed E-state index contributed by atoms with van der Waals surface area (Å²) in [6, 6.07) is 0. The second kappa shape index (κ2) is 3.76. The van der Waals surface area contributed by atoms with Crippen LogP contribution in [0.15, 0.2) is 0 Å². The molecule has 4 heteroatoms. The van der Waals surface area contributed by atoms with Crippen molar-refractivity contribution in [2.75, 3.05) is 19.6 Å². The molecule has 0 spiro atoms. The van der Waals surface area contributed by atoms with Gasteiger partial charge in [0, 0.05) is 19.0 Å². The molecule has 0 radical (unpaired) electrons. The standard InChI is InChI=1S/C8H16N2O2/c1-6(2)12-8(11)10-4-7(3-9)5-10/h6-7H,3-5,9H2,1-2H3. The second-order valence-electron chi connectivity index (χ2n) is 3.44. The monoisotopic (exact) mass is 172 g/mol. The molecule has 1 heterocycles. The van der Waals surface area contributed by atoms with Crippen molar-refractivity contribution in [3.63, 3.8) is 0 Å². The number of amides is 1. The first kappa shape index (κ1) is 9.32. The molecule has 0 aromatic heterocycles. The number of rotatable bonds is 2. The van der Waals surface area contributed by atoms with Crippen molar-refractivity contribution in [1.82, 2.24) is 4.90 Å². The number of hydrogen-bond donors (Lipinski definition) is 1. The van der Waals surface area contributed by atoms with E-state index in [4.69, 9.17) is 10.5 Å². The van der Waals surface area contributed by atoms with Crippen LogP contribution < -0.4 is 5.73 Å². The third-order valence-corrected chi connectivity index (χ3v) is 1.89. The molecule has 0 saturated carbocycles. The zero-order valence-corrected chi connectivity index (χ0v) is 7.62. The molecule has 0 unspecified atom stereocenters. The van der Waals surface area contributed by atoms with Crippen LogP contribution in [0.25, 0.3) is 0 Å². The first-order chi connectivity index (χ1) is 5.63. The summed E-state index contributed by atoms with van der Waals surface area (Å²) in [6.45, 7) is 5.85. The van der Waals surface area contributed by atoms with Crippen molar-refractivity contribution in [2.45, 2.75) is 20.0 Å². The van der Waals surface area contributed by atoms with Gasteiger partial charge >= 0.3 is 6.09 Å². The third kappa shape index (κ3) is 2.11.